The number of carbonyl (C=O) groups excluding carboxylic acids is 1. The molecule has 0 N–H and O–H groups in total. The van der Waals surface area contributed by atoms with Gasteiger partial charge in [0.2, 0.25) is 0 Å². The zero-order valence-corrected chi connectivity index (χ0v) is 18.2. The summed E-state index contributed by atoms with van der Waals surface area (Å²) in [6, 6.07) is 18.9. The van der Waals surface area contributed by atoms with Crippen LogP contribution >= 0.6 is 0 Å². The molecule has 1 aromatic heterocycles. The van der Waals surface area contributed by atoms with Crippen LogP contribution in [0.4, 0.5) is 0 Å². The Bertz CT molecular complexity index is 1210. The van der Waals surface area contributed by atoms with Crippen molar-refractivity contribution in [1.82, 2.24) is 9.91 Å². The van der Waals surface area contributed by atoms with Crippen molar-refractivity contribution in [3.05, 3.63) is 82.2 Å². The highest BCUT2D eigenvalue weighted by Crippen LogP contribution is 2.33. The van der Waals surface area contributed by atoms with Gasteiger partial charge in [-0.1, -0.05) is 55.5 Å². The minimum Gasteiger partial charge on any atom is -0.422 e. The number of amides is 1. The molecule has 6 heteroatoms. The van der Waals surface area contributed by atoms with E-state index in [2.05, 4.69) is 16.9 Å². The first-order valence-corrected chi connectivity index (χ1v) is 11.3. The zero-order valence-electron chi connectivity index (χ0n) is 18.2. The highest BCUT2D eigenvalue weighted by molar-refractivity contribution is 6.04. The monoisotopic (exact) mass is 429 g/mol. The van der Waals surface area contributed by atoms with Crippen molar-refractivity contribution in [2.75, 3.05) is 19.6 Å². The first kappa shape index (κ1) is 20.6. The van der Waals surface area contributed by atoms with Crippen LogP contribution < -0.4 is 5.63 Å². The molecular formula is C26H27N3O3. The molecule has 0 saturated carbocycles. The summed E-state index contributed by atoms with van der Waals surface area (Å²) in [6.07, 6.45) is 2.71. The van der Waals surface area contributed by atoms with Crippen molar-refractivity contribution in [2.45, 2.75) is 32.2 Å². The predicted molar refractivity (Wildman–Crippen MR) is 125 cm³/mol. The Morgan fingerprint density at radius 2 is 1.78 bits per heavy atom. The van der Waals surface area contributed by atoms with Gasteiger partial charge in [0.05, 0.1) is 23.9 Å². The normalized spacial score (nSPS) is 20.0. The van der Waals surface area contributed by atoms with Crippen LogP contribution in [0.3, 0.4) is 0 Å². The first-order valence-electron chi connectivity index (χ1n) is 11.3. The molecule has 32 heavy (non-hydrogen) atoms. The number of nitrogens with zero attached hydrogens (tertiary/aromatic N) is 3. The van der Waals surface area contributed by atoms with Gasteiger partial charge in [-0.3, -0.25) is 9.69 Å². The molecule has 1 unspecified atom stereocenters. The van der Waals surface area contributed by atoms with E-state index >= 15 is 0 Å². The summed E-state index contributed by atoms with van der Waals surface area (Å²) in [5.41, 5.74) is 2.16. The molecule has 3 aromatic rings. The van der Waals surface area contributed by atoms with Crippen LogP contribution in [-0.4, -0.2) is 41.2 Å². The minimum atomic E-state index is -0.423. The second kappa shape index (κ2) is 8.71. The Kier molecular flexibility index (Phi) is 5.62. The van der Waals surface area contributed by atoms with E-state index in [1.54, 1.807) is 11.1 Å². The van der Waals surface area contributed by atoms with Gasteiger partial charge in [-0.25, -0.2) is 9.80 Å². The van der Waals surface area contributed by atoms with Crippen molar-refractivity contribution >= 4 is 22.6 Å². The number of hydrazone groups is 1. The fourth-order valence-corrected chi connectivity index (χ4v) is 4.58. The van der Waals surface area contributed by atoms with E-state index in [1.165, 1.54) is 0 Å². The predicted octanol–water partition coefficient (Wildman–Crippen LogP) is 4.20. The van der Waals surface area contributed by atoms with Gasteiger partial charge in [0.1, 0.15) is 5.58 Å². The number of para-hydroxylation sites is 1. The molecule has 5 rings (SSSR count). The maximum absolute atomic E-state index is 13.3. The van der Waals surface area contributed by atoms with Crippen molar-refractivity contribution in [3.63, 3.8) is 0 Å². The number of hydrogen-bond donors (Lipinski definition) is 0. The van der Waals surface area contributed by atoms with Crippen LogP contribution in [0.2, 0.25) is 0 Å². The van der Waals surface area contributed by atoms with E-state index < -0.39 is 5.63 Å². The first-order chi connectivity index (χ1) is 15.6. The van der Waals surface area contributed by atoms with Crippen LogP contribution in [0, 0.1) is 5.92 Å². The van der Waals surface area contributed by atoms with E-state index in [0.717, 1.165) is 36.9 Å². The molecule has 6 nitrogen and oxygen atoms in total. The molecule has 2 aliphatic rings. The maximum atomic E-state index is 13.3. The zero-order chi connectivity index (χ0) is 22.1. The number of likely N-dealkylation sites (tertiary alicyclic amines) is 1. The van der Waals surface area contributed by atoms with Crippen LogP contribution in [0.25, 0.3) is 11.0 Å². The second-order valence-corrected chi connectivity index (χ2v) is 8.86. The van der Waals surface area contributed by atoms with Gasteiger partial charge in [0.25, 0.3) is 5.91 Å². The summed E-state index contributed by atoms with van der Waals surface area (Å²) in [5, 5.41) is 7.10. The maximum Gasteiger partial charge on any atom is 0.345 e. The van der Waals surface area contributed by atoms with Crippen molar-refractivity contribution in [1.29, 1.82) is 0 Å². The van der Waals surface area contributed by atoms with Crippen molar-refractivity contribution in [2.24, 2.45) is 11.0 Å². The van der Waals surface area contributed by atoms with Crippen LogP contribution in [-0.2, 0) is 4.79 Å². The van der Waals surface area contributed by atoms with Gasteiger partial charge in [0.15, 0.2) is 0 Å². The van der Waals surface area contributed by atoms with Gasteiger partial charge >= 0.3 is 5.63 Å². The lowest BCUT2D eigenvalue weighted by Gasteiger charge is -2.31. The van der Waals surface area contributed by atoms with E-state index in [0.29, 0.717) is 35.7 Å². The van der Waals surface area contributed by atoms with E-state index in [9.17, 15) is 9.59 Å². The van der Waals surface area contributed by atoms with Gasteiger partial charge in [-0.05, 0) is 49.5 Å². The van der Waals surface area contributed by atoms with Gasteiger partial charge in [0, 0.05) is 11.8 Å². The summed E-state index contributed by atoms with van der Waals surface area (Å²) >= 11 is 0. The Morgan fingerprint density at radius 3 is 2.56 bits per heavy atom. The third kappa shape index (κ3) is 4.10. The average Bonchev–Trinajstić information content (AvgIpc) is 3.26. The number of rotatable bonds is 4. The summed E-state index contributed by atoms with van der Waals surface area (Å²) in [4.78, 5) is 28.3. The topological polar surface area (TPSA) is 66.1 Å². The lowest BCUT2D eigenvalue weighted by molar-refractivity contribution is -0.134. The summed E-state index contributed by atoms with van der Waals surface area (Å²) in [5.74, 6) is 0.676. The third-order valence-corrected chi connectivity index (χ3v) is 6.54. The van der Waals surface area contributed by atoms with E-state index in [1.807, 2.05) is 54.6 Å². The molecule has 1 amide bonds. The smallest absolute Gasteiger partial charge is 0.345 e. The number of hydrogen-bond acceptors (Lipinski definition) is 5. The van der Waals surface area contributed by atoms with Crippen LogP contribution in [0.15, 0.2) is 75.0 Å². The molecule has 2 aromatic carbocycles. The Balaban J connectivity index is 1.47. The number of fused-ring (bicyclic) bond motifs is 1. The molecule has 1 atom stereocenters. The lowest BCUT2D eigenvalue weighted by atomic mass is 9.98. The summed E-state index contributed by atoms with van der Waals surface area (Å²) in [6.45, 7) is 4.47. The molecule has 1 saturated heterocycles. The van der Waals surface area contributed by atoms with Crippen LogP contribution in [0.5, 0.6) is 0 Å². The van der Waals surface area contributed by atoms with Gasteiger partial charge < -0.3 is 4.42 Å². The average molecular weight is 430 g/mol. The van der Waals surface area contributed by atoms with E-state index in [-0.39, 0.29) is 11.9 Å². The molecule has 164 valence electrons. The molecule has 0 bridgehead atoms. The molecule has 0 radical (unpaired) electrons. The molecule has 0 spiro atoms. The highest BCUT2D eigenvalue weighted by Gasteiger charge is 2.35. The van der Waals surface area contributed by atoms with Gasteiger partial charge in [-0.2, -0.15) is 5.10 Å². The fourth-order valence-electron chi connectivity index (χ4n) is 4.58. The SMILES string of the molecule is CC1CCN(CC(=O)N2N=C(c3cc4ccccc4oc3=O)CC2c2ccccc2)CC1. The molecule has 2 aliphatic heterocycles. The van der Waals surface area contributed by atoms with E-state index in [4.69, 9.17) is 4.42 Å². The molecule has 1 fully saturated rings. The Morgan fingerprint density at radius 1 is 1.06 bits per heavy atom. The third-order valence-electron chi connectivity index (χ3n) is 6.54. The Labute approximate surface area is 187 Å². The Hall–Kier alpha value is -3.25. The quantitative estimate of drug-likeness (QED) is 0.583. The number of benzene rings is 2. The summed E-state index contributed by atoms with van der Waals surface area (Å²) in [7, 11) is 0. The lowest BCUT2D eigenvalue weighted by Crippen LogP contribution is -2.41. The number of piperidine rings is 1. The van der Waals surface area contributed by atoms with Gasteiger partial charge in [-0.15, -0.1) is 0 Å². The fraction of sp³-hybridized carbons (Fsp3) is 0.346. The highest BCUT2D eigenvalue weighted by atomic mass is 16.4. The minimum absolute atomic E-state index is 0.0337. The van der Waals surface area contributed by atoms with Crippen molar-refractivity contribution in [3.8, 4) is 0 Å². The summed E-state index contributed by atoms with van der Waals surface area (Å²) < 4.78 is 5.53. The number of carbonyl (C=O) groups is 1. The molecule has 0 aliphatic carbocycles. The standard InChI is InChI=1S/C26H27N3O3/c1-18-11-13-28(14-12-18)17-25(30)29-23(19-7-3-2-4-8-19)16-22(27-29)21-15-20-9-5-6-10-24(20)32-26(21)31/h2-10,15,18,23H,11-14,16-17H2,1H3. The molecular weight excluding hydrogens is 402 g/mol. The molecule has 3 heterocycles. The van der Waals surface area contributed by atoms with Crippen LogP contribution in [0.1, 0.15) is 43.4 Å². The second-order valence-electron chi connectivity index (χ2n) is 8.86. The van der Waals surface area contributed by atoms with Crippen molar-refractivity contribution < 1.29 is 9.21 Å². The largest absolute Gasteiger partial charge is 0.422 e.